The van der Waals surface area contributed by atoms with Gasteiger partial charge in [0.05, 0.1) is 58.1 Å². The zero-order chi connectivity index (χ0) is 59.1. The molecule has 2 unspecified atom stereocenters. The highest BCUT2D eigenvalue weighted by molar-refractivity contribution is 7.44. The topological polar surface area (TPSA) is 123 Å². The quantitative estimate of drug-likeness (QED) is 0.0266. The Morgan fingerprint density at radius 3 is 2.04 bits per heavy atom. The first kappa shape index (κ1) is 63.5. The first-order valence-electron chi connectivity index (χ1n) is 30.3. The number of nitriles is 1. The zero-order valence-electron chi connectivity index (χ0n) is 50.6. The first-order valence-corrected chi connectivity index (χ1v) is 31.5. The highest BCUT2D eigenvalue weighted by Crippen LogP contribution is 2.67. The van der Waals surface area contributed by atoms with Gasteiger partial charge in [-0.25, -0.2) is 9.73 Å². The molecule has 0 N–H and O–H groups in total. The Hall–Kier alpha value is -4.55. The number of amides is 2. The summed E-state index contributed by atoms with van der Waals surface area (Å²) >= 11 is 0. The third kappa shape index (κ3) is 13.6. The summed E-state index contributed by atoms with van der Waals surface area (Å²) in [5, 5.41) is 9.95. The molecule has 4 fully saturated rings. The number of rotatable bonds is 25. The minimum atomic E-state index is -5.25. The van der Waals surface area contributed by atoms with Gasteiger partial charge in [0.15, 0.2) is 6.61 Å². The number of likely N-dealkylation sites (tertiary alicyclic amines) is 1. The third-order valence-electron chi connectivity index (χ3n) is 19.6. The fraction of sp³-hybridized carbons (Fsp3) is 0.652. The number of alkyl halides is 3. The summed E-state index contributed by atoms with van der Waals surface area (Å²) in [5.41, 5.74) is 2.29. The first-order chi connectivity index (χ1) is 39.1. The largest absolute Gasteiger partial charge is 0.497 e. The number of allylic oxidation sites excluding steroid dienone is 1. The van der Waals surface area contributed by atoms with Crippen molar-refractivity contribution in [3.8, 4) is 17.6 Å². The molecule has 1 saturated heterocycles. The average Bonchev–Trinajstić information content (AvgIpc) is 4.15. The van der Waals surface area contributed by atoms with Crippen LogP contribution in [0.4, 0.5) is 13.2 Å². The van der Waals surface area contributed by atoms with E-state index in [0.717, 1.165) is 35.1 Å². The molecular weight excluding hydrogens is 1060 g/mol. The highest BCUT2D eigenvalue weighted by Gasteiger charge is 2.60. The molecule has 16 heteroatoms. The molecule has 1 heterocycles. The molecule has 4 aliphatic carbocycles. The lowest BCUT2D eigenvalue weighted by Crippen LogP contribution is -2.54. The van der Waals surface area contributed by atoms with E-state index in [2.05, 4.69) is 51.4 Å². The van der Waals surface area contributed by atoms with Crippen molar-refractivity contribution in [2.24, 2.45) is 46.3 Å². The molecule has 3 aromatic rings. The predicted molar refractivity (Wildman–Crippen MR) is 314 cm³/mol. The fourth-order valence-electron chi connectivity index (χ4n) is 15.7. The monoisotopic (exact) mass is 1160 g/mol. The summed E-state index contributed by atoms with van der Waals surface area (Å²) < 4.78 is 78.4. The van der Waals surface area contributed by atoms with Crippen LogP contribution in [0.25, 0.3) is 0 Å². The molecule has 450 valence electrons. The lowest BCUT2D eigenvalue weighted by atomic mass is 9.47. The minimum Gasteiger partial charge on any atom is -0.497 e. The van der Waals surface area contributed by atoms with Gasteiger partial charge in [0.2, 0.25) is 0 Å². The van der Waals surface area contributed by atoms with Crippen LogP contribution in [0.5, 0.6) is 11.5 Å². The van der Waals surface area contributed by atoms with Crippen LogP contribution in [-0.4, -0.2) is 103 Å². The molecule has 3 saturated carbocycles. The van der Waals surface area contributed by atoms with Crippen LogP contribution in [0.1, 0.15) is 162 Å². The number of hydrogen-bond donors (Lipinski definition) is 0. The number of benzene rings is 3. The van der Waals surface area contributed by atoms with Gasteiger partial charge >= 0.3 is 12.1 Å². The van der Waals surface area contributed by atoms with E-state index in [1.165, 1.54) is 38.5 Å². The van der Waals surface area contributed by atoms with Gasteiger partial charge in [0.1, 0.15) is 17.1 Å². The summed E-state index contributed by atoms with van der Waals surface area (Å²) in [4.78, 5) is 36.3. The number of carbonyl (C=O) groups is 2. The van der Waals surface area contributed by atoms with Crippen molar-refractivity contribution in [1.29, 1.82) is 5.26 Å². The van der Waals surface area contributed by atoms with Gasteiger partial charge in [0.25, 0.3) is 14.4 Å². The maximum atomic E-state index is 15.0. The molecule has 8 rings (SSSR count). The highest BCUT2D eigenvalue weighted by atomic mass is 31.2. The van der Waals surface area contributed by atoms with E-state index >= 15 is 4.79 Å². The maximum Gasteiger partial charge on any atom is 0.473 e. The molecule has 0 spiro atoms. The summed E-state index contributed by atoms with van der Waals surface area (Å²) in [7, 11) is 1.46. The van der Waals surface area contributed by atoms with Gasteiger partial charge < -0.3 is 28.2 Å². The Labute approximate surface area is 488 Å². The smallest absolute Gasteiger partial charge is 0.473 e. The number of halogens is 3. The molecule has 11 atom stereocenters. The average molecular weight is 1160 g/mol. The SMILES string of the molecule is COc1ccc(C(OC[C@@H]2C[C@@H](OP(OCCC#N)N(C(C)C)C(C)C)CN2C(=O)CON(C(=O)C(F)(F)F)C2CC[C@@]3(C)C(=CC[C@H]4[C@@H]5CC[C@H]([C@H](C)CCCC(C)C)[C@@]5(C)CC[C@@H]43)C2)(c2ccccc2)c2ccc(OC)cc2)cc1. The minimum absolute atomic E-state index is 0.00228. The van der Waals surface area contributed by atoms with E-state index in [1.807, 2.05) is 107 Å². The second-order valence-corrected chi connectivity index (χ2v) is 27.0. The van der Waals surface area contributed by atoms with Gasteiger partial charge in [-0.3, -0.25) is 14.4 Å². The van der Waals surface area contributed by atoms with Crippen LogP contribution in [0.15, 0.2) is 90.5 Å². The van der Waals surface area contributed by atoms with E-state index in [4.69, 9.17) is 28.1 Å². The number of hydrogen-bond acceptors (Lipinski definition) is 10. The number of carbonyl (C=O) groups excluding carboxylic acids is 2. The Balaban J connectivity index is 1.07. The number of nitrogens with zero attached hydrogens (tertiary/aromatic N) is 4. The van der Waals surface area contributed by atoms with Crippen molar-refractivity contribution >= 4 is 20.3 Å². The van der Waals surface area contributed by atoms with E-state index in [9.17, 15) is 23.2 Å². The molecule has 0 bridgehead atoms. The van der Waals surface area contributed by atoms with Crippen molar-refractivity contribution < 1.29 is 50.9 Å². The molecule has 3 aromatic carbocycles. The zero-order valence-corrected chi connectivity index (χ0v) is 51.5. The Morgan fingerprint density at radius 1 is 0.817 bits per heavy atom. The summed E-state index contributed by atoms with van der Waals surface area (Å²) in [6.45, 7) is 19.4. The van der Waals surface area contributed by atoms with Crippen LogP contribution in [0.2, 0.25) is 0 Å². The van der Waals surface area contributed by atoms with Crippen molar-refractivity contribution in [2.45, 2.75) is 188 Å². The maximum absolute atomic E-state index is 15.0. The summed E-state index contributed by atoms with van der Waals surface area (Å²) in [5.74, 6) is 2.22. The molecule has 2 amide bonds. The van der Waals surface area contributed by atoms with Gasteiger partial charge in [-0.15, -0.1) is 0 Å². The van der Waals surface area contributed by atoms with Gasteiger partial charge in [-0.1, -0.05) is 120 Å². The van der Waals surface area contributed by atoms with Gasteiger partial charge in [-0.05, 0) is 173 Å². The van der Waals surface area contributed by atoms with Crippen LogP contribution in [0, 0.1) is 57.7 Å². The van der Waals surface area contributed by atoms with Crippen molar-refractivity contribution in [1.82, 2.24) is 14.6 Å². The van der Waals surface area contributed by atoms with Crippen molar-refractivity contribution in [3.63, 3.8) is 0 Å². The number of methoxy groups -OCH3 is 2. The van der Waals surface area contributed by atoms with E-state index in [0.29, 0.717) is 64.9 Å². The lowest BCUT2D eigenvalue weighted by Gasteiger charge is -2.59. The molecular formula is C66H92F3N4O8P. The van der Waals surface area contributed by atoms with Crippen molar-refractivity contribution in [2.75, 3.05) is 40.6 Å². The molecule has 82 heavy (non-hydrogen) atoms. The van der Waals surface area contributed by atoms with Crippen LogP contribution in [0.3, 0.4) is 0 Å². The predicted octanol–water partition coefficient (Wildman–Crippen LogP) is 15.0. The number of ether oxygens (including phenoxy) is 3. The Morgan fingerprint density at radius 2 is 1.45 bits per heavy atom. The number of fused-ring (bicyclic) bond motifs is 5. The second-order valence-electron chi connectivity index (χ2n) is 25.6. The molecule has 5 aliphatic rings. The van der Waals surface area contributed by atoms with Crippen LogP contribution >= 0.6 is 8.53 Å². The van der Waals surface area contributed by atoms with Crippen LogP contribution in [-0.2, 0) is 33.8 Å². The number of hydroxylamine groups is 2. The lowest BCUT2D eigenvalue weighted by molar-refractivity contribution is -0.243. The molecule has 12 nitrogen and oxygen atoms in total. The molecule has 1 aliphatic heterocycles. The van der Waals surface area contributed by atoms with Crippen molar-refractivity contribution in [3.05, 3.63) is 107 Å². The van der Waals surface area contributed by atoms with E-state index < -0.39 is 56.9 Å². The summed E-state index contributed by atoms with van der Waals surface area (Å²) in [6.07, 6.45) is 7.53. The molecule has 0 aromatic heterocycles. The summed E-state index contributed by atoms with van der Waals surface area (Å²) in [6, 6.07) is 25.5. The molecule has 0 radical (unpaired) electrons. The second kappa shape index (κ2) is 27.2. The van der Waals surface area contributed by atoms with Gasteiger partial charge in [-0.2, -0.15) is 18.4 Å². The van der Waals surface area contributed by atoms with E-state index in [-0.39, 0.29) is 61.9 Å². The normalized spacial score (nSPS) is 27.2. The Kier molecular flexibility index (Phi) is 21.1. The van der Waals surface area contributed by atoms with Crippen LogP contribution < -0.4 is 9.47 Å². The fourth-order valence-corrected chi connectivity index (χ4v) is 17.4. The van der Waals surface area contributed by atoms with E-state index in [1.54, 1.807) is 19.1 Å². The van der Waals surface area contributed by atoms with Gasteiger partial charge in [0, 0.05) is 18.6 Å². The standard InChI is InChI=1S/C66H92F3N4O8P/c1-44(2)17-15-18-47(7)58-31-32-59-57-30-25-51-39-52(33-35-63(51,8)60(57)34-36-64(58,59)9)72(62(75)66(67,68)69)79-43-61(74)71-41-56(81-82(80-38-16-37-70)73(45(3)4)46(5)6)40-53(71)42-78-65(48-19-13-12-14-20-48,49-21-26-54(76-10)27-22-49)50-23-28-55(77-11)29-24-50/h12-14,19-29,44-47,52-53,56-60H,15-18,30-36,38-43H2,1-11H3/t47-,52?,53+,56-,57+,58-,59+,60+,63+,64-,82?/m1/s1. The Bertz CT molecular complexity index is 2600. The third-order valence-corrected chi connectivity index (χ3v) is 21.8.